The van der Waals surface area contributed by atoms with E-state index in [1.807, 2.05) is 13.8 Å². The van der Waals surface area contributed by atoms with Crippen LogP contribution in [0.1, 0.15) is 37.3 Å². The van der Waals surface area contributed by atoms with E-state index in [1.54, 1.807) is 28.8 Å². The summed E-state index contributed by atoms with van der Waals surface area (Å²) in [7, 11) is 2.65. The molecule has 5 rings (SSSR count). The third kappa shape index (κ3) is 5.46. The Bertz CT molecular complexity index is 2090. The monoisotopic (exact) mass is 617 g/mol. The van der Waals surface area contributed by atoms with Gasteiger partial charge in [-0.3, -0.25) is 14.4 Å². The Kier molecular flexibility index (Phi) is 8.07. The number of aromatic hydroxyl groups is 5. The number of nitrogens with zero attached hydrogens (tertiary/aromatic N) is 1. The zero-order chi connectivity index (χ0) is 32.7. The molecule has 0 bridgehead atoms. The van der Waals surface area contributed by atoms with E-state index in [0.29, 0.717) is 23.2 Å². The molecule has 12 nitrogen and oxygen atoms in total. The van der Waals surface area contributed by atoms with Crippen LogP contribution in [0.4, 0.5) is 0 Å². The maximum Gasteiger partial charge on any atom is 0.306 e. The highest BCUT2D eigenvalue weighted by atomic mass is 16.5. The lowest BCUT2D eigenvalue weighted by atomic mass is 9.86. The summed E-state index contributed by atoms with van der Waals surface area (Å²) >= 11 is 0. The summed E-state index contributed by atoms with van der Waals surface area (Å²) in [5, 5.41) is 52.7. The molecule has 2 heterocycles. The third-order valence-corrected chi connectivity index (χ3v) is 7.57. The number of carbonyl (C=O) groups is 1. The Labute approximate surface area is 255 Å². The Morgan fingerprint density at radius 1 is 0.889 bits per heavy atom. The van der Waals surface area contributed by atoms with Crippen molar-refractivity contribution in [3.63, 3.8) is 0 Å². The van der Waals surface area contributed by atoms with Gasteiger partial charge in [-0.2, -0.15) is 0 Å². The van der Waals surface area contributed by atoms with Crippen molar-refractivity contribution in [3.05, 3.63) is 80.2 Å². The van der Waals surface area contributed by atoms with Gasteiger partial charge in [0.1, 0.15) is 28.2 Å². The maximum absolute atomic E-state index is 14.2. The van der Waals surface area contributed by atoms with Crippen molar-refractivity contribution in [3.8, 4) is 45.8 Å². The van der Waals surface area contributed by atoms with Crippen LogP contribution >= 0.6 is 0 Å². The molecule has 0 saturated heterocycles. The lowest BCUT2D eigenvalue weighted by molar-refractivity contribution is -0.140. The van der Waals surface area contributed by atoms with Gasteiger partial charge >= 0.3 is 5.97 Å². The molecule has 0 saturated carbocycles. The number of aromatic nitrogens is 1. The zero-order valence-corrected chi connectivity index (χ0v) is 24.8. The van der Waals surface area contributed by atoms with Crippen LogP contribution in [0.15, 0.2) is 62.5 Å². The lowest BCUT2D eigenvalue weighted by Crippen LogP contribution is -2.29. The topological polar surface area (TPSA) is 189 Å². The summed E-state index contributed by atoms with van der Waals surface area (Å²) in [6.07, 6.45) is -0.490. The first kappa shape index (κ1) is 30.8. The normalized spacial score (nSPS) is 12.1. The van der Waals surface area contributed by atoms with Crippen LogP contribution in [0.5, 0.6) is 34.5 Å². The number of hydrogen-bond donors (Lipinski definition) is 5. The number of hydrogen-bond acceptors (Lipinski definition) is 11. The van der Waals surface area contributed by atoms with Crippen LogP contribution in [-0.2, 0) is 16.1 Å². The number of pyridine rings is 1. The second-order valence-corrected chi connectivity index (χ2v) is 11.0. The Balaban J connectivity index is 1.91. The fraction of sp³-hybridized carbons (Fsp3) is 0.242. The van der Waals surface area contributed by atoms with Gasteiger partial charge in [0.05, 0.1) is 26.2 Å². The van der Waals surface area contributed by atoms with Crippen LogP contribution in [0, 0.1) is 5.92 Å². The van der Waals surface area contributed by atoms with E-state index in [4.69, 9.17) is 13.9 Å². The SMILES string of the molecule is COC(=O)C[C@H](c1cc2cc(OC)ccc2n(CC(C)C)c1=O)c1c(O)cc(O)c2c(=O)c(O)c(-c3ccc(O)c(O)c3)oc12. The highest BCUT2D eigenvalue weighted by Crippen LogP contribution is 2.45. The van der Waals surface area contributed by atoms with Crippen molar-refractivity contribution in [2.45, 2.75) is 32.7 Å². The van der Waals surface area contributed by atoms with Crippen LogP contribution in [0.2, 0.25) is 0 Å². The van der Waals surface area contributed by atoms with E-state index >= 15 is 0 Å². The van der Waals surface area contributed by atoms with Gasteiger partial charge in [-0.25, -0.2) is 0 Å². The van der Waals surface area contributed by atoms with Crippen molar-refractivity contribution in [2.24, 2.45) is 5.92 Å². The van der Waals surface area contributed by atoms with Gasteiger partial charge in [-0.1, -0.05) is 13.8 Å². The first-order chi connectivity index (χ1) is 21.4. The highest BCUT2D eigenvalue weighted by molar-refractivity contribution is 5.92. The molecule has 0 amide bonds. The van der Waals surface area contributed by atoms with Gasteiger partial charge in [-0.15, -0.1) is 0 Å². The van der Waals surface area contributed by atoms with E-state index in [9.17, 15) is 39.9 Å². The largest absolute Gasteiger partial charge is 0.507 e. The zero-order valence-electron chi connectivity index (χ0n) is 24.8. The summed E-state index contributed by atoms with van der Waals surface area (Å²) in [6, 6.07) is 11.0. The minimum absolute atomic E-state index is 0.0304. The third-order valence-electron chi connectivity index (χ3n) is 7.57. The highest BCUT2D eigenvalue weighted by Gasteiger charge is 2.32. The molecule has 5 aromatic rings. The molecule has 0 radical (unpaired) electrons. The van der Waals surface area contributed by atoms with Gasteiger partial charge in [-0.05, 0) is 48.4 Å². The van der Waals surface area contributed by atoms with E-state index in [0.717, 1.165) is 25.3 Å². The molecule has 3 aromatic carbocycles. The molecule has 0 spiro atoms. The molecular formula is C33H31NO11. The molecule has 1 atom stereocenters. The summed E-state index contributed by atoms with van der Waals surface area (Å²) in [6.45, 7) is 4.17. The Hall–Kier alpha value is -5.65. The molecule has 2 aromatic heterocycles. The average Bonchev–Trinajstić information content (AvgIpc) is 3.00. The van der Waals surface area contributed by atoms with Crippen LogP contribution in [0.25, 0.3) is 33.2 Å². The smallest absolute Gasteiger partial charge is 0.306 e. The van der Waals surface area contributed by atoms with Gasteiger partial charge < -0.3 is 44.0 Å². The van der Waals surface area contributed by atoms with Gasteiger partial charge in [0.15, 0.2) is 17.3 Å². The predicted molar refractivity (Wildman–Crippen MR) is 164 cm³/mol. The van der Waals surface area contributed by atoms with Gasteiger partial charge in [0, 0.05) is 40.6 Å². The molecule has 0 aliphatic carbocycles. The van der Waals surface area contributed by atoms with Crippen molar-refractivity contribution < 1.29 is 44.2 Å². The Morgan fingerprint density at radius 2 is 1.62 bits per heavy atom. The number of carbonyl (C=O) groups excluding carboxylic acids is 1. The predicted octanol–water partition coefficient (Wildman–Crippen LogP) is 4.66. The minimum atomic E-state index is -1.28. The van der Waals surface area contributed by atoms with Crippen LogP contribution in [0.3, 0.4) is 0 Å². The molecular weight excluding hydrogens is 586 g/mol. The minimum Gasteiger partial charge on any atom is -0.507 e. The summed E-state index contributed by atoms with van der Waals surface area (Å²) < 4.78 is 17.9. The molecule has 0 unspecified atom stereocenters. The molecule has 0 fully saturated rings. The molecule has 0 aliphatic heterocycles. The van der Waals surface area contributed by atoms with E-state index < -0.39 is 74.8 Å². The van der Waals surface area contributed by atoms with E-state index in [1.165, 1.54) is 13.2 Å². The number of phenolic OH excluding ortho intramolecular Hbond substituents is 4. The summed E-state index contributed by atoms with van der Waals surface area (Å²) in [4.78, 5) is 40.5. The number of phenols is 4. The Morgan fingerprint density at radius 3 is 2.27 bits per heavy atom. The van der Waals surface area contributed by atoms with Crippen molar-refractivity contribution in [1.29, 1.82) is 0 Å². The number of ether oxygens (including phenoxy) is 2. The molecule has 0 aliphatic rings. The quantitative estimate of drug-likeness (QED) is 0.120. The number of esters is 1. The van der Waals surface area contributed by atoms with Crippen molar-refractivity contribution in [2.75, 3.05) is 14.2 Å². The second-order valence-electron chi connectivity index (χ2n) is 11.0. The number of rotatable bonds is 8. The maximum atomic E-state index is 14.2. The first-order valence-corrected chi connectivity index (χ1v) is 13.9. The fourth-order valence-corrected chi connectivity index (χ4v) is 5.47. The molecule has 234 valence electrons. The summed E-state index contributed by atoms with van der Waals surface area (Å²) in [5.41, 5.74) is -1.59. The van der Waals surface area contributed by atoms with Gasteiger partial charge in [0.2, 0.25) is 11.2 Å². The number of benzene rings is 3. The first-order valence-electron chi connectivity index (χ1n) is 13.9. The lowest BCUT2D eigenvalue weighted by Gasteiger charge is -2.22. The molecule has 45 heavy (non-hydrogen) atoms. The molecule has 5 N–H and O–H groups in total. The van der Waals surface area contributed by atoms with E-state index in [2.05, 4.69) is 0 Å². The van der Waals surface area contributed by atoms with Crippen LogP contribution in [-0.4, -0.2) is 50.3 Å². The standard InChI is InChI=1S/C33H31NO11/c1-15(2)14-34-21-7-6-18(43-3)9-17(21)10-20(33(34)42)19(12-26(39)44-4)27-24(37)13-25(38)28-29(40)30(41)31(45-32(27)28)16-5-8-22(35)23(36)11-16/h5-11,13,15,19,35-38,41H,12,14H2,1-4H3/t19-/m1/s1. The summed E-state index contributed by atoms with van der Waals surface area (Å²) in [5.74, 6) is -5.27. The van der Waals surface area contributed by atoms with Crippen LogP contribution < -0.4 is 15.7 Å². The van der Waals surface area contributed by atoms with E-state index in [-0.39, 0.29) is 22.6 Å². The van der Waals surface area contributed by atoms with Crippen molar-refractivity contribution in [1.82, 2.24) is 4.57 Å². The van der Waals surface area contributed by atoms with Gasteiger partial charge in [0.25, 0.3) is 5.56 Å². The number of methoxy groups -OCH3 is 2. The second kappa shape index (κ2) is 11.8. The van der Waals surface area contributed by atoms with Crippen molar-refractivity contribution >= 4 is 27.8 Å². The fourth-order valence-electron chi connectivity index (χ4n) is 5.47. The average molecular weight is 618 g/mol. The molecule has 12 heteroatoms. The number of fused-ring (bicyclic) bond motifs is 2.